The first-order chi connectivity index (χ1) is 18.3. The number of carbonyl (C=O) groups is 3. The molecule has 196 valence electrons. The Kier molecular flexibility index (Phi) is 8.16. The van der Waals surface area contributed by atoms with Crippen LogP contribution in [-0.2, 0) is 19.1 Å². The summed E-state index contributed by atoms with van der Waals surface area (Å²) in [7, 11) is 0. The summed E-state index contributed by atoms with van der Waals surface area (Å²) in [6, 6.07) is 14.5. The number of benzene rings is 2. The van der Waals surface area contributed by atoms with E-state index in [-0.39, 0.29) is 13.2 Å². The van der Waals surface area contributed by atoms with Crippen LogP contribution >= 0.6 is 11.3 Å². The fraction of sp³-hybridized carbons (Fsp3) is 0.276. The van der Waals surface area contributed by atoms with Gasteiger partial charge in [0.15, 0.2) is 0 Å². The molecule has 1 aliphatic rings. The maximum absolute atomic E-state index is 13.2. The standard InChI is InChI=1S/C29H29N3O5S/c1-5-36-28(34)23-16(3)31-17(4)24(29(35)37-6-2)25(23)20-9-7-8-10-21(20)27-32-22(15-38-27)18-11-13-19(14-12-18)26(30)33/h7-15,23,25H,5-6H2,1-4H3,(H2,30,33). The minimum Gasteiger partial charge on any atom is -0.465 e. The second-order valence-electron chi connectivity index (χ2n) is 8.75. The topological polar surface area (TPSA) is 121 Å². The van der Waals surface area contributed by atoms with Gasteiger partial charge >= 0.3 is 11.9 Å². The summed E-state index contributed by atoms with van der Waals surface area (Å²) in [5, 5.41) is 2.65. The Labute approximate surface area is 225 Å². The fourth-order valence-corrected chi connectivity index (χ4v) is 5.56. The van der Waals surface area contributed by atoms with Gasteiger partial charge in [-0.15, -0.1) is 11.3 Å². The van der Waals surface area contributed by atoms with Crippen molar-refractivity contribution >= 4 is 34.9 Å². The number of allylic oxidation sites excluding steroid dienone is 1. The Hall–Kier alpha value is -4.11. The highest BCUT2D eigenvalue weighted by Crippen LogP contribution is 2.44. The van der Waals surface area contributed by atoms with Crippen molar-refractivity contribution in [3.63, 3.8) is 0 Å². The molecule has 0 radical (unpaired) electrons. The first-order valence-electron chi connectivity index (χ1n) is 12.3. The van der Waals surface area contributed by atoms with Gasteiger partial charge in [-0.1, -0.05) is 36.4 Å². The van der Waals surface area contributed by atoms with Crippen molar-refractivity contribution in [1.29, 1.82) is 0 Å². The molecule has 2 atom stereocenters. The van der Waals surface area contributed by atoms with Crippen molar-refractivity contribution in [3.8, 4) is 21.8 Å². The summed E-state index contributed by atoms with van der Waals surface area (Å²) in [6.45, 7) is 7.42. The molecule has 2 heterocycles. The van der Waals surface area contributed by atoms with E-state index < -0.39 is 29.7 Å². The number of carbonyl (C=O) groups excluding carboxylic acids is 3. The molecule has 2 unspecified atom stereocenters. The number of esters is 2. The minimum atomic E-state index is -0.792. The lowest BCUT2D eigenvalue weighted by Gasteiger charge is -2.32. The molecule has 2 aromatic carbocycles. The molecule has 0 bridgehead atoms. The van der Waals surface area contributed by atoms with Gasteiger partial charge in [-0.3, -0.25) is 14.6 Å². The largest absolute Gasteiger partial charge is 0.465 e. The number of aromatic nitrogens is 1. The van der Waals surface area contributed by atoms with Gasteiger partial charge in [0.25, 0.3) is 0 Å². The number of nitrogens with zero attached hydrogens (tertiary/aromatic N) is 2. The van der Waals surface area contributed by atoms with Gasteiger partial charge in [0.1, 0.15) is 10.9 Å². The van der Waals surface area contributed by atoms with E-state index in [4.69, 9.17) is 20.2 Å². The quantitative estimate of drug-likeness (QED) is 0.401. The van der Waals surface area contributed by atoms with Gasteiger partial charge in [-0.05, 0) is 45.4 Å². The summed E-state index contributed by atoms with van der Waals surface area (Å²) < 4.78 is 10.8. The van der Waals surface area contributed by atoms with Gasteiger partial charge in [0.05, 0.1) is 24.5 Å². The molecule has 9 heteroatoms. The second-order valence-corrected chi connectivity index (χ2v) is 9.60. The lowest BCUT2D eigenvalue weighted by Crippen LogP contribution is -2.36. The van der Waals surface area contributed by atoms with Gasteiger partial charge in [0, 0.05) is 39.4 Å². The molecular weight excluding hydrogens is 502 g/mol. The van der Waals surface area contributed by atoms with Gasteiger partial charge in [0.2, 0.25) is 5.91 Å². The number of hydrogen-bond donors (Lipinski definition) is 1. The van der Waals surface area contributed by atoms with Crippen molar-refractivity contribution in [1.82, 2.24) is 4.98 Å². The average Bonchev–Trinajstić information content (AvgIpc) is 3.38. The molecule has 0 aliphatic carbocycles. The maximum Gasteiger partial charge on any atom is 0.336 e. The van der Waals surface area contributed by atoms with Crippen LogP contribution in [0.2, 0.25) is 0 Å². The van der Waals surface area contributed by atoms with Crippen LogP contribution in [-0.4, -0.2) is 41.8 Å². The molecule has 0 spiro atoms. The van der Waals surface area contributed by atoms with E-state index in [0.717, 1.165) is 27.4 Å². The average molecular weight is 532 g/mol. The molecule has 1 amide bonds. The summed E-state index contributed by atoms with van der Waals surface area (Å²) in [4.78, 5) is 47.2. The second kappa shape index (κ2) is 11.5. The SMILES string of the molecule is CCOC(=O)C1=C(C)N=C(C)C(C(=O)OCC)C1c1ccccc1-c1nc(-c2ccc(C(N)=O)cc2)cs1. The van der Waals surface area contributed by atoms with Crippen molar-refractivity contribution in [2.45, 2.75) is 33.6 Å². The Morgan fingerprint density at radius 3 is 2.32 bits per heavy atom. The molecule has 4 rings (SSSR count). The van der Waals surface area contributed by atoms with Crippen LogP contribution in [0.4, 0.5) is 0 Å². The predicted octanol–water partition coefficient (Wildman–Crippen LogP) is 5.15. The molecule has 0 saturated carbocycles. The zero-order chi connectivity index (χ0) is 27.4. The summed E-state index contributed by atoms with van der Waals surface area (Å²) in [5.41, 5.74) is 10.3. The summed E-state index contributed by atoms with van der Waals surface area (Å²) >= 11 is 1.45. The van der Waals surface area contributed by atoms with Crippen LogP contribution in [0.5, 0.6) is 0 Å². The number of aliphatic imine (C=N–C) groups is 1. The first-order valence-corrected chi connectivity index (χ1v) is 13.2. The number of amides is 1. The molecule has 2 N–H and O–H groups in total. The van der Waals surface area contributed by atoms with E-state index in [1.54, 1.807) is 52.0 Å². The lowest BCUT2D eigenvalue weighted by molar-refractivity contribution is -0.146. The maximum atomic E-state index is 13.2. The summed E-state index contributed by atoms with van der Waals surface area (Å²) in [6.07, 6.45) is 0. The first kappa shape index (κ1) is 26.9. The van der Waals surface area contributed by atoms with E-state index in [9.17, 15) is 14.4 Å². The number of primary amides is 1. The monoisotopic (exact) mass is 531 g/mol. The molecule has 0 saturated heterocycles. The van der Waals surface area contributed by atoms with E-state index in [1.807, 2.05) is 29.6 Å². The van der Waals surface area contributed by atoms with Crippen molar-refractivity contribution in [3.05, 3.63) is 76.3 Å². The number of thiazole rings is 1. The van der Waals surface area contributed by atoms with Gasteiger partial charge < -0.3 is 15.2 Å². The van der Waals surface area contributed by atoms with Crippen LogP contribution in [0, 0.1) is 5.92 Å². The molecule has 1 aromatic heterocycles. The third-order valence-corrected chi connectivity index (χ3v) is 7.24. The van der Waals surface area contributed by atoms with Gasteiger partial charge in [-0.25, -0.2) is 9.78 Å². The molecule has 1 aliphatic heterocycles. The van der Waals surface area contributed by atoms with Gasteiger partial charge in [-0.2, -0.15) is 0 Å². The third-order valence-electron chi connectivity index (χ3n) is 6.36. The Bertz CT molecular complexity index is 1440. The fourth-order valence-electron chi connectivity index (χ4n) is 4.68. The Morgan fingerprint density at radius 1 is 0.974 bits per heavy atom. The smallest absolute Gasteiger partial charge is 0.336 e. The molecule has 0 fully saturated rings. The van der Waals surface area contributed by atoms with Crippen LogP contribution in [0.1, 0.15) is 49.5 Å². The molecule has 8 nitrogen and oxygen atoms in total. The molecule has 3 aromatic rings. The summed E-state index contributed by atoms with van der Waals surface area (Å²) in [5.74, 6) is -2.90. The molecule has 38 heavy (non-hydrogen) atoms. The zero-order valence-electron chi connectivity index (χ0n) is 21.7. The number of nitrogens with two attached hydrogens (primary N) is 1. The normalized spacial score (nSPS) is 17.1. The highest BCUT2D eigenvalue weighted by Gasteiger charge is 2.43. The minimum absolute atomic E-state index is 0.196. The van der Waals surface area contributed by atoms with Crippen molar-refractivity contribution < 1.29 is 23.9 Å². The van der Waals surface area contributed by atoms with Crippen LogP contribution in [0.3, 0.4) is 0 Å². The highest BCUT2D eigenvalue weighted by atomic mass is 32.1. The number of rotatable bonds is 8. The number of ether oxygens (including phenoxy) is 2. The predicted molar refractivity (Wildman–Crippen MR) is 147 cm³/mol. The van der Waals surface area contributed by atoms with E-state index in [1.165, 1.54) is 11.3 Å². The van der Waals surface area contributed by atoms with Crippen molar-refractivity contribution in [2.75, 3.05) is 13.2 Å². The highest BCUT2D eigenvalue weighted by molar-refractivity contribution is 7.13. The van der Waals surface area contributed by atoms with Crippen LogP contribution in [0.25, 0.3) is 21.8 Å². The molecular formula is C29H29N3O5S. The third kappa shape index (κ3) is 5.28. The number of hydrogen-bond acceptors (Lipinski definition) is 8. The van der Waals surface area contributed by atoms with E-state index in [0.29, 0.717) is 22.5 Å². The lowest BCUT2D eigenvalue weighted by atomic mass is 9.74. The van der Waals surface area contributed by atoms with Crippen molar-refractivity contribution in [2.24, 2.45) is 16.6 Å². The van der Waals surface area contributed by atoms with Crippen LogP contribution in [0.15, 0.2) is 70.2 Å². The Balaban J connectivity index is 1.83. The van der Waals surface area contributed by atoms with E-state index in [2.05, 4.69) is 4.99 Å². The van der Waals surface area contributed by atoms with Crippen LogP contribution < -0.4 is 5.73 Å². The Morgan fingerprint density at radius 2 is 1.66 bits per heavy atom. The van der Waals surface area contributed by atoms with E-state index >= 15 is 0 Å². The zero-order valence-corrected chi connectivity index (χ0v) is 22.5.